The molecule has 3 heteroatoms. The number of aromatic nitrogens is 2. The van der Waals surface area contributed by atoms with Crippen LogP contribution in [0.2, 0.25) is 0 Å². The second kappa shape index (κ2) is 3.08. The summed E-state index contributed by atoms with van der Waals surface area (Å²) in [5.41, 5.74) is 3.38. The lowest BCUT2D eigenvalue weighted by atomic mass is 9.65. The molecule has 0 amide bonds. The van der Waals surface area contributed by atoms with Gasteiger partial charge in [-0.25, -0.2) is 0 Å². The van der Waals surface area contributed by atoms with Crippen molar-refractivity contribution in [3.05, 3.63) is 17.5 Å². The first kappa shape index (κ1) is 9.40. The van der Waals surface area contributed by atoms with Gasteiger partial charge in [-0.2, -0.15) is 5.10 Å². The molecule has 0 saturated carbocycles. The summed E-state index contributed by atoms with van der Waals surface area (Å²) in [5.74, 6) is 0.796. The average molecular weight is 205 g/mol. The van der Waals surface area contributed by atoms with E-state index in [0.29, 0.717) is 5.41 Å². The van der Waals surface area contributed by atoms with Crippen LogP contribution in [0.5, 0.6) is 0 Å². The van der Waals surface area contributed by atoms with Gasteiger partial charge in [0.15, 0.2) is 0 Å². The SMILES string of the molecule is CC1CCc2c(cnn2C)C12CCNC2. The molecular weight excluding hydrogens is 186 g/mol. The molecule has 1 spiro atoms. The van der Waals surface area contributed by atoms with E-state index in [-0.39, 0.29) is 0 Å². The minimum Gasteiger partial charge on any atom is -0.316 e. The summed E-state index contributed by atoms with van der Waals surface area (Å²) in [6.07, 6.45) is 5.91. The highest BCUT2D eigenvalue weighted by atomic mass is 15.3. The third kappa shape index (κ3) is 1.13. The Bertz CT molecular complexity index is 374. The predicted octanol–water partition coefficient (Wildman–Crippen LogP) is 1.23. The van der Waals surface area contributed by atoms with Crippen molar-refractivity contribution in [2.45, 2.75) is 31.6 Å². The number of fused-ring (bicyclic) bond motifs is 2. The van der Waals surface area contributed by atoms with Gasteiger partial charge in [0.25, 0.3) is 0 Å². The molecule has 82 valence electrons. The fourth-order valence-corrected chi connectivity index (χ4v) is 3.43. The first-order valence-corrected chi connectivity index (χ1v) is 5.96. The monoisotopic (exact) mass is 205 g/mol. The van der Waals surface area contributed by atoms with E-state index in [0.717, 1.165) is 12.5 Å². The smallest absolute Gasteiger partial charge is 0.0530 e. The molecule has 1 aliphatic carbocycles. The molecule has 0 bridgehead atoms. The third-order valence-electron chi connectivity index (χ3n) is 4.54. The molecule has 2 aliphatic rings. The third-order valence-corrected chi connectivity index (χ3v) is 4.54. The van der Waals surface area contributed by atoms with E-state index >= 15 is 0 Å². The standard InChI is InChI=1S/C12H19N3/c1-9-3-4-11-10(7-14-15(11)2)12(9)5-6-13-8-12/h7,9,13H,3-6,8H2,1-2H3. The van der Waals surface area contributed by atoms with Crippen molar-refractivity contribution in [1.82, 2.24) is 15.1 Å². The Kier molecular flexibility index (Phi) is 1.93. The maximum atomic E-state index is 4.44. The summed E-state index contributed by atoms with van der Waals surface area (Å²) >= 11 is 0. The van der Waals surface area contributed by atoms with Crippen LogP contribution >= 0.6 is 0 Å². The van der Waals surface area contributed by atoms with Gasteiger partial charge in [0.1, 0.15) is 0 Å². The van der Waals surface area contributed by atoms with E-state index in [1.807, 2.05) is 0 Å². The van der Waals surface area contributed by atoms with Crippen LogP contribution in [0.4, 0.5) is 0 Å². The molecule has 3 nitrogen and oxygen atoms in total. The fraction of sp³-hybridized carbons (Fsp3) is 0.750. The van der Waals surface area contributed by atoms with E-state index in [4.69, 9.17) is 0 Å². The zero-order valence-electron chi connectivity index (χ0n) is 9.58. The Balaban J connectivity index is 2.13. The van der Waals surface area contributed by atoms with E-state index in [1.165, 1.54) is 37.1 Å². The summed E-state index contributed by atoms with van der Waals surface area (Å²) < 4.78 is 2.07. The molecule has 1 aromatic rings. The van der Waals surface area contributed by atoms with Gasteiger partial charge < -0.3 is 5.32 Å². The van der Waals surface area contributed by atoms with E-state index < -0.39 is 0 Å². The Labute approximate surface area is 90.9 Å². The zero-order chi connectivity index (χ0) is 10.5. The lowest BCUT2D eigenvalue weighted by Crippen LogP contribution is -2.40. The van der Waals surface area contributed by atoms with Crippen molar-refractivity contribution in [3.8, 4) is 0 Å². The predicted molar refractivity (Wildman–Crippen MR) is 59.9 cm³/mol. The van der Waals surface area contributed by atoms with Crippen LogP contribution in [0.15, 0.2) is 6.20 Å². The Hall–Kier alpha value is -0.830. The van der Waals surface area contributed by atoms with Crippen LogP contribution in [0, 0.1) is 5.92 Å². The Morgan fingerprint density at radius 3 is 3.20 bits per heavy atom. The van der Waals surface area contributed by atoms with Crippen LogP contribution in [0.25, 0.3) is 0 Å². The molecular formula is C12H19N3. The minimum atomic E-state index is 0.391. The molecule has 1 aliphatic heterocycles. The molecule has 0 aromatic carbocycles. The summed E-state index contributed by atoms with van der Waals surface area (Å²) in [6, 6.07) is 0. The average Bonchev–Trinajstić information content (AvgIpc) is 2.81. The van der Waals surface area contributed by atoms with Gasteiger partial charge in [-0.1, -0.05) is 6.92 Å². The van der Waals surface area contributed by atoms with Crippen molar-refractivity contribution in [3.63, 3.8) is 0 Å². The van der Waals surface area contributed by atoms with Crippen LogP contribution in [-0.4, -0.2) is 22.9 Å². The topological polar surface area (TPSA) is 29.9 Å². The minimum absolute atomic E-state index is 0.391. The number of nitrogens with zero attached hydrogens (tertiary/aromatic N) is 2. The summed E-state index contributed by atoms with van der Waals surface area (Å²) in [4.78, 5) is 0. The first-order valence-electron chi connectivity index (χ1n) is 5.96. The molecule has 1 aromatic heterocycles. The number of rotatable bonds is 0. The Morgan fingerprint density at radius 2 is 2.47 bits per heavy atom. The molecule has 2 atom stereocenters. The first-order chi connectivity index (χ1) is 7.24. The van der Waals surface area contributed by atoms with Crippen LogP contribution < -0.4 is 5.32 Å². The Morgan fingerprint density at radius 1 is 1.60 bits per heavy atom. The number of aryl methyl sites for hydroxylation is 1. The van der Waals surface area contributed by atoms with Crippen molar-refractivity contribution in [2.75, 3.05) is 13.1 Å². The molecule has 0 radical (unpaired) electrons. The van der Waals surface area contributed by atoms with Crippen LogP contribution in [0.3, 0.4) is 0 Å². The van der Waals surface area contributed by atoms with Gasteiger partial charge in [0, 0.05) is 30.3 Å². The normalized spacial score (nSPS) is 34.7. The quantitative estimate of drug-likeness (QED) is 0.690. The maximum absolute atomic E-state index is 4.44. The lowest BCUT2D eigenvalue weighted by molar-refractivity contribution is 0.272. The van der Waals surface area contributed by atoms with E-state index in [1.54, 1.807) is 0 Å². The van der Waals surface area contributed by atoms with Crippen molar-refractivity contribution >= 4 is 0 Å². The molecule has 2 heterocycles. The van der Waals surface area contributed by atoms with Crippen LogP contribution in [-0.2, 0) is 18.9 Å². The highest BCUT2D eigenvalue weighted by molar-refractivity contribution is 5.34. The van der Waals surface area contributed by atoms with E-state index in [2.05, 4.69) is 35.3 Å². The highest BCUT2D eigenvalue weighted by Gasteiger charge is 2.45. The highest BCUT2D eigenvalue weighted by Crippen LogP contribution is 2.45. The maximum Gasteiger partial charge on any atom is 0.0530 e. The second-order valence-corrected chi connectivity index (χ2v) is 5.15. The van der Waals surface area contributed by atoms with Gasteiger partial charge in [0.05, 0.1) is 6.20 Å². The van der Waals surface area contributed by atoms with E-state index in [9.17, 15) is 0 Å². The summed E-state index contributed by atoms with van der Waals surface area (Å²) in [5, 5.41) is 7.97. The largest absolute Gasteiger partial charge is 0.316 e. The van der Waals surface area contributed by atoms with Gasteiger partial charge in [0.2, 0.25) is 0 Å². The summed E-state index contributed by atoms with van der Waals surface area (Å²) in [7, 11) is 2.07. The van der Waals surface area contributed by atoms with Gasteiger partial charge in [-0.15, -0.1) is 0 Å². The van der Waals surface area contributed by atoms with Crippen LogP contribution in [0.1, 0.15) is 31.0 Å². The molecule has 2 unspecified atom stereocenters. The fourth-order valence-electron chi connectivity index (χ4n) is 3.43. The molecule has 1 N–H and O–H groups in total. The second-order valence-electron chi connectivity index (χ2n) is 5.15. The van der Waals surface area contributed by atoms with Gasteiger partial charge in [-0.05, 0) is 31.7 Å². The number of hydrogen-bond donors (Lipinski definition) is 1. The number of nitrogens with one attached hydrogen (secondary N) is 1. The van der Waals surface area contributed by atoms with Gasteiger partial charge in [-0.3, -0.25) is 4.68 Å². The lowest BCUT2D eigenvalue weighted by Gasteiger charge is -2.39. The molecule has 1 fully saturated rings. The van der Waals surface area contributed by atoms with Gasteiger partial charge >= 0.3 is 0 Å². The molecule has 3 rings (SSSR count). The van der Waals surface area contributed by atoms with Crippen molar-refractivity contribution in [1.29, 1.82) is 0 Å². The zero-order valence-corrected chi connectivity index (χ0v) is 9.58. The summed E-state index contributed by atoms with van der Waals surface area (Å²) in [6.45, 7) is 4.72. The molecule has 1 saturated heterocycles. The molecule has 15 heavy (non-hydrogen) atoms. The van der Waals surface area contributed by atoms with Crippen molar-refractivity contribution in [2.24, 2.45) is 13.0 Å². The van der Waals surface area contributed by atoms with Crippen molar-refractivity contribution < 1.29 is 0 Å². The number of hydrogen-bond acceptors (Lipinski definition) is 2.